The highest BCUT2D eigenvalue weighted by Crippen LogP contribution is 2.41. The Morgan fingerprint density at radius 1 is 0.936 bits per heavy atom. The summed E-state index contributed by atoms with van der Waals surface area (Å²) in [6.07, 6.45) is 6.39. The van der Waals surface area contributed by atoms with E-state index in [9.17, 15) is 18.0 Å². The van der Waals surface area contributed by atoms with Gasteiger partial charge in [-0.3, -0.25) is 13.9 Å². The van der Waals surface area contributed by atoms with Crippen LogP contribution in [0, 0.1) is 0 Å². The van der Waals surface area contributed by atoms with Crippen LogP contribution in [0.3, 0.4) is 0 Å². The molecule has 1 heterocycles. The van der Waals surface area contributed by atoms with E-state index in [-0.39, 0.29) is 30.3 Å². The van der Waals surface area contributed by atoms with Gasteiger partial charge in [-0.2, -0.15) is 0 Å². The first kappa shape index (κ1) is 32.9. The third-order valence-electron chi connectivity index (χ3n) is 8.35. The Kier molecular flexibility index (Phi) is 10.1. The number of Topliss-reactive ketones (excluding diaryl/α,β-unsaturated/α-hetero) is 1. The molecule has 4 aromatic carbocycles. The molecule has 0 saturated heterocycles. The van der Waals surface area contributed by atoms with Gasteiger partial charge in [-0.15, -0.1) is 11.3 Å². The predicted molar refractivity (Wildman–Crippen MR) is 192 cm³/mol. The lowest BCUT2D eigenvalue weighted by Gasteiger charge is -2.24. The predicted octanol–water partition coefficient (Wildman–Crippen LogP) is 7.74. The molecule has 0 atom stereocenters. The average molecular weight is 732 g/mol. The van der Waals surface area contributed by atoms with E-state index in [1.165, 1.54) is 37.7 Å². The van der Waals surface area contributed by atoms with E-state index in [0.29, 0.717) is 28.8 Å². The molecule has 0 fully saturated rings. The fraction of sp³-hybridized carbons (Fsp3) is 0.243. The van der Waals surface area contributed by atoms with Crippen molar-refractivity contribution in [2.45, 2.75) is 38.6 Å². The lowest BCUT2D eigenvalue weighted by atomic mass is 9.96. The number of aryl methyl sites for hydroxylation is 2. The van der Waals surface area contributed by atoms with E-state index in [2.05, 4.69) is 27.3 Å². The summed E-state index contributed by atoms with van der Waals surface area (Å²) in [5, 5.41) is 4.06. The van der Waals surface area contributed by atoms with Crippen LogP contribution in [0.15, 0.2) is 95.5 Å². The van der Waals surface area contributed by atoms with E-state index in [4.69, 9.17) is 4.74 Å². The minimum atomic E-state index is -3.67. The number of fused-ring (bicyclic) bond motifs is 3. The fourth-order valence-electron chi connectivity index (χ4n) is 5.97. The number of nitrogens with zero attached hydrogens (tertiary/aromatic N) is 1. The van der Waals surface area contributed by atoms with Gasteiger partial charge in [-0.25, -0.2) is 8.42 Å². The molecular weight excluding hydrogens is 696 g/mol. The number of ketones is 1. The van der Waals surface area contributed by atoms with E-state index < -0.39 is 10.0 Å². The number of halogens is 1. The lowest BCUT2D eigenvalue weighted by Crippen LogP contribution is -2.31. The van der Waals surface area contributed by atoms with Crippen LogP contribution in [-0.4, -0.2) is 39.5 Å². The monoisotopic (exact) mass is 730 g/mol. The van der Waals surface area contributed by atoms with Gasteiger partial charge in [0.25, 0.3) is 5.91 Å². The molecule has 0 bridgehead atoms. The molecule has 7 nitrogen and oxygen atoms in total. The second kappa shape index (κ2) is 14.4. The number of hydrogen-bond acceptors (Lipinski definition) is 6. The zero-order valence-electron chi connectivity index (χ0n) is 26.0. The highest BCUT2D eigenvalue weighted by molar-refractivity contribution is 9.10. The van der Waals surface area contributed by atoms with Crippen LogP contribution >= 0.6 is 27.3 Å². The number of hydrogen-bond donors (Lipinski definition) is 1. The molecule has 1 aliphatic carbocycles. The van der Waals surface area contributed by atoms with Gasteiger partial charge in [0, 0.05) is 26.9 Å². The summed E-state index contributed by atoms with van der Waals surface area (Å²) in [6, 6.07) is 27.6. The van der Waals surface area contributed by atoms with Crippen molar-refractivity contribution in [2.24, 2.45) is 0 Å². The molecule has 1 amide bonds. The second-order valence-corrected chi connectivity index (χ2v) is 15.5. The number of benzene rings is 4. The molecule has 1 aromatic heterocycles. The van der Waals surface area contributed by atoms with Gasteiger partial charge in [-0.1, -0.05) is 66.7 Å². The first-order valence-corrected chi connectivity index (χ1v) is 19.0. The van der Waals surface area contributed by atoms with Gasteiger partial charge in [-0.05, 0) is 88.0 Å². The average Bonchev–Trinajstić information content (AvgIpc) is 3.46. The van der Waals surface area contributed by atoms with E-state index in [1.807, 2.05) is 65.9 Å². The van der Waals surface area contributed by atoms with Gasteiger partial charge >= 0.3 is 0 Å². The van der Waals surface area contributed by atoms with Crippen LogP contribution < -0.4 is 14.4 Å². The topological polar surface area (TPSA) is 92.8 Å². The fourth-order valence-corrected chi connectivity index (χ4v) is 8.79. The maximum Gasteiger partial charge on any atom is 0.251 e. The van der Waals surface area contributed by atoms with Crippen molar-refractivity contribution in [3.8, 4) is 5.75 Å². The Balaban J connectivity index is 1.11. The molecule has 5 aromatic rings. The Bertz CT molecular complexity index is 2040. The number of rotatable bonds is 12. The number of thiophene rings is 1. The van der Waals surface area contributed by atoms with Crippen molar-refractivity contribution in [2.75, 3.05) is 23.7 Å². The summed E-state index contributed by atoms with van der Waals surface area (Å²) in [5.41, 5.74) is 4.22. The minimum absolute atomic E-state index is 0.109. The van der Waals surface area contributed by atoms with Gasteiger partial charge in [0.2, 0.25) is 10.0 Å². The number of nitrogens with one attached hydrogen (secondary N) is 1. The molecule has 6 rings (SSSR count). The molecule has 0 saturated carbocycles. The van der Waals surface area contributed by atoms with Crippen molar-refractivity contribution < 1.29 is 22.7 Å². The number of carbonyl (C=O) groups is 2. The lowest BCUT2D eigenvalue weighted by molar-refractivity contribution is 0.0903. The number of anilines is 1. The molecule has 0 aliphatic heterocycles. The van der Waals surface area contributed by atoms with Gasteiger partial charge in [0.05, 0.1) is 36.3 Å². The molecule has 1 aliphatic rings. The van der Waals surface area contributed by atoms with Crippen molar-refractivity contribution in [3.63, 3.8) is 0 Å². The van der Waals surface area contributed by atoms with E-state index in [0.717, 1.165) is 36.0 Å². The highest BCUT2D eigenvalue weighted by atomic mass is 79.9. The summed E-state index contributed by atoms with van der Waals surface area (Å²) < 4.78 is 34.8. The van der Waals surface area contributed by atoms with Crippen LogP contribution in [0.25, 0.3) is 10.1 Å². The third-order valence-corrected chi connectivity index (χ3v) is 11.5. The van der Waals surface area contributed by atoms with Gasteiger partial charge < -0.3 is 10.1 Å². The zero-order valence-corrected chi connectivity index (χ0v) is 29.2. The van der Waals surface area contributed by atoms with Crippen molar-refractivity contribution >= 4 is 64.8 Å². The summed E-state index contributed by atoms with van der Waals surface area (Å²) in [7, 11) is -3.67. The van der Waals surface area contributed by atoms with Crippen LogP contribution in [-0.2, 0) is 35.8 Å². The van der Waals surface area contributed by atoms with Crippen molar-refractivity contribution in [3.05, 3.63) is 128 Å². The SMILES string of the molecule is CS(=O)(=O)N(Cc1ccccc1)c1cc(C(=O)CNC(=O)c2ccccc2CCOc2cccc3c4c(sc23)CCCC4)ccc1Br. The van der Waals surface area contributed by atoms with Gasteiger partial charge in [0.15, 0.2) is 5.78 Å². The standard InChI is InChI=1S/C37H35BrN2O5S2/c1-47(43,44)40(24-25-10-3-2-4-11-25)32-22-27(18-19-31(32)38)33(41)23-39-37(42)28-13-6-5-12-26(28)20-21-45-34-16-9-15-30-29-14-7-8-17-35(29)46-36(30)34/h2-6,9-13,15-16,18-19,22H,7-8,14,17,20-21,23-24H2,1H3,(H,39,42). The maximum atomic E-state index is 13.3. The first-order chi connectivity index (χ1) is 22.7. The summed E-state index contributed by atoms with van der Waals surface area (Å²) in [4.78, 5) is 28.0. The van der Waals surface area contributed by atoms with Crippen LogP contribution in [0.5, 0.6) is 5.75 Å². The number of sulfonamides is 1. The molecule has 1 N–H and O–H groups in total. The molecule has 47 heavy (non-hydrogen) atoms. The Morgan fingerprint density at radius 3 is 2.51 bits per heavy atom. The largest absolute Gasteiger partial charge is 0.492 e. The summed E-state index contributed by atoms with van der Waals surface area (Å²) in [6.45, 7) is 0.275. The molecule has 0 spiro atoms. The van der Waals surface area contributed by atoms with E-state index in [1.54, 1.807) is 30.3 Å². The molecule has 0 radical (unpaired) electrons. The quantitative estimate of drug-likeness (QED) is 0.133. The van der Waals surface area contributed by atoms with E-state index >= 15 is 0 Å². The number of amides is 1. The second-order valence-electron chi connectivity index (χ2n) is 11.6. The molecular formula is C37H35BrN2O5S2. The molecule has 10 heteroatoms. The highest BCUT2D eigenvalue weighted by Gasteiger charge is 2.23. The van der Waals surface area contributed by atoms with Crippen LogP contribution in [0.4, 0.5) is 5.69 Å². The Labute approximate surface area is 287 Å². The first-order valence-electron chi connectivity index (χ1n) is 15.6. The van der Waals surface area contributed by atoms with Gasteiger partial charge in [0.1, 0.15) is 5.75 Å². The van der Waals surface area contributed by atoms with Crippen LogP contribution in [0.1, 0.15) is 55.1 Å². The Hall–Kier alpha value is -3.99. The normalized spacial score (nSPS) is 12.8. The molecule has 0 unspecified atom stereocenters. The third kappa shape index (κ3) is 7.61. The smallest absolute Gasteiger partial charge is 0.251 e. The van der Waals surface area contributed by atoms with Crippen LogP contribution in [0.2, 0.25) is 0 Å². The molecule has 242 valence electrons. The maximum absolute atomic E-state index is 13.3. The minimum Gasteiger partial charge on any atom is -0.492 e. The zero-order chi connectivity index (χ0) is 33.0. The number of ether oxygens (including phenoxy) is 1. The Morgan fingerprint density at radius 2 is 1.70 bits per heavy atom. The van der Waals surface area contributed by atoms with Crippen molar-refractivity contribution in [1.82, 2.24) is 5.32 Å². The summed E-state index contributed by atoms with van der Waals surface area (Å²) in [5.74, 6) is 0.176. The van der Waals surface area contributed by atoms with Crippen molar-refractivity contribution in [1.29, 1.82) is 0 Å². The number of carbonyl (C=O) groups excluding carboxylic acids is 2. The summed E-state index contributed by atoms with van der Waals surface area (Å²) >= 11 is 5.29.